The fourth-order valence-electron chi connectivity index (χ4n) is 2.80. The highest BCUT2D eigenvalue weighted by molar-refractivity contribution is 7.21. The fraction of sp³-hybridized carbons (Fsp3) is 0.316. The summed E-state index contributed by atoms with van der Waals surface area (Å²) in [5, 5.41) is 3.47. The van der Waals surface area contributed by atoms with Gasteiger partial charge in [0.05, 0.1) is 11.7 Å². The molecule has 0 spiro atoms. The normalized spacial score (nSPS) is 12.2. The molecule has 0 bridgehead atoms. The Morgan fingerprint density at radius 3 is 2.80 bits per heavy atom. The summed E-state index contributed by atoms with van der Waals surface area (Å²) in [4.78, 5) is 30.8. The Bertz CT molecular complexity index is 931. The standard InChI is InChI=1S/C19H21N3O2S/c1-3-7-13(2)21-17(23)11-22-12-20-18-15(19(22)24)10-16(25-18)14-8-5-4-6-9-14/h4-6,8-10,12-13H,3,7,11H2,1-2H3,(H,21,23)/t13-/m0/s1. The van der Waals surface area contributed by atoms with Gasteiger partial charge >= 0.3 is 0 Å². The predicted octanol–water partition coefficient (Wildman–Crippen LogP) is 3.43. The Kier molecular flexibility index (Phi) is 5.28. The second kappa shape index (κ2) is 7.61. The zero-order valence-corrected chi connectivity index (χ0v) is 15.2. The van der Waals surface area contributed by atoms with Crippen molar-refractivity contribution < 1.29 is 4.79 Å². The lowest BCUT2D eigenvalue weighted by Crippen LogP contribution is -2.37. The molecule has 1 aromatic carbocycles. The third-order valence-electron chi connectivity index (χ3n) is 4.02. The monoisotopic (exact) mass is 355 g/mol. The zero-order valence-electron chi connectivity index (χ0n) is 14.4. The molecule has 5 nitrogen and oxygen atoms in total. The summed E-state index contributed by atoms with van der Waals surface area (Å²) in [7, 11) is 0. The summed E-state index contributed by atoms with van der Waals surface area (Å²) in [6.45, 7) is 4.04. The minimum atomic E-state index is -0.179. The summed E-state index contributed by atoms with van der Waals surface area (Å²) in [5.74, 6) is -0.164. The first-order valence-electron chi connectivity index (χ1n) is 8.42. The van der Waals surface area contributed by atoms with Gasteiger partial charge in [-0.25, -0.2) is 4.98 Å². The predicted molar refractivity (Wildman–Crippen MR) is 102 cm³/mol. The van der Waals surface area contributed by atoms with Gasteiger partial charge in [-0.15, -0.1) is 11.3 Å². The number of nitrogens with zero attached hydrogens (tertiary/aromatic N) is 2. The number of benzene rings is 1. The number of amides is 1. The minimum absolute atomic E-state index is 0.00759. The number of nitrogens with one attached hydrogen (secondary N) is 1. The van der Waals surface area contributed by atoms with Gasteiger partial charge in [-0.05, 0) is 25.0 Å². The maximum absolute atomic E-state index is 12.7. The van der Waals surface area contributed by atoms with Crippen LogP contribution in [0, 0.1) is 0 Å². The fourth-order valence-corrected chi connectivity index (χ4v) is 3.79. The highest BCUT2D eigenvalue weighted by Crippen LogP contribution is 2.30. The quantitative estimate of drug-likeness (QED) is 0.737. The van der Waals surface area contributed by atoms with Gasteiger partial charge in [-0.3, -0.25) is 14.2 Å². The van der Waals surface area contributed by atoms with E-state index in [1.54, 1.807) is 0 Å². The molecule has 2 heterocycles. The molecule has 3 rings (SSSR count). The highest BCUT2D eigenvalue weighted by atomic mass is 32.1. The first kappa shape index (κ1) is 17.4. The first-order valence-corrected chi connectivity index (χ1v) is 9.24. The molecular formula is C19H21N3O2S. The van der Waals surface area contributed by atoms with Crippen LogP contribution in [0.15, 0.2) is 47.5 Å². The number of carbonyl (C=O) groups is 1. The van der Waals surface area contributed by atoms with Crippen LogP contribution < -0.4 is 10.9 Å². The molecule has 0 fully saturated rings. The molecule has 1 atom stereocenters. The Morgan fingerprint density at radius 1 is 1.32 bits per heavy atom. The van der Waals surface area contributed by atoms with Gasteiger partial charge in [0.1, 0.15) is 11.4 Å². The van der Waals surface area contributed by atoms with Gasteiger partial charge in [0.15, 0.2) is 0 Å². The van der Waals surface area contributed by atoms with Gasteiger partial charge in [-0.2, -0.15) is 0 Å². The molecular weight excluding hydrogens is 334 g/mol. The van der Waals surface area contributed by atoms with Crippen molar-refractivity contribution in [1.82, 2.24) is 14.9 Å². The second-order valence-corrected chi connectivity index (χ2v) is 7.16. The molecule has 3 aromatic rings. The van der Waals surface area contributed by atoms with Crippen molar-refractivity contribution in [2.45, 2.75) is 39.3 Å². The van der Waals surface area contributed by atoms with Crippen LogP contribution in [0.1, 0.15) is 26.7 Å². The largest absolute Gasteiger partial charge is 0.352 e. The SMILES string of the molecule is CCC[C@H](C)NC(=O)Cn1cnc2sc(-c3ccccc3)cc2c1=O. The van der Waals surface area contributed by atoms with Crippen LogP contribution in [0.3, 0.4) is 0 Å². The van der Waals surface area contributed by atoms with Crippen molar-refractivity contribution in [3.63, 3.8) is 0 Å². The Labute approximate surface area is 150 Å². The van der Waals surface area contributed by atoms with Crippen LogP contribution in [0.4, 0.5) is 0 Å². The molecule has 0 unspecified atom stereocenters. The van der Waals surface area contributed by atoms with E-state index in [0.717, 1.165) is 23.3 Å². The van der Waals surface area contributed by atoms with Crippen LogP contribution in [0.25, 0.3) is 20.7 Å². The number of carbonyl (C=O) groups excluding carboxylic acids is 1. The highest BCUT2D eigenvalue weighted by Gasteiger charge is 2.13. The van der Waals surface area contributed by atoms with Gasteiger partial charge in [-0.1, -0.05) is 43.7 Å². The smallest absolute Gasteiger partial charge is 0.262 e. The molecule has 1 N–H and O–H groups in total. The van der Waals surface area contributed by atoms with E-state index in [9.17, 15) is 9.59 Å². The van der Waals surface area contributed by atoms with Crippen LogP contribution >= 0.6 is 11.3 Å². The van der Waals surface area contributed by atoms with Gasteiger partial charge in [0.25, 0.3) is 5.56 Å². The van der Waals surface area contributed by atoms with Crippen LogP contribution in [0.2, 0.25) is 0 Å². The molecule has 0 saturated carbocycles. The second-order valence-electron chi connectivity index (χ2n) is 6.13. The summed E-state index contributed by atoms with van der Waals surface area (Å²) < 4.78 is 1.37. The first-order chi connectivity index (χ1) is 12.1. The van der Waals surface area contributed by atoms with Crippen molar-refractivity contribution in [1.29, 1.82) is 0 Å². The van der Waals surface area contributed by atoms with E-state index in [0.29, 0.717) is 10.2 Å². The van der Waals surface area contributed by atoms with Gasteiger partial charge in [0.2, 0.25) is 5.91 Å². The van der Waals surface area contributed by atoms with Gasteiger partial charge in [0, 0.05) is 10.9 Å². The van der Waals surface area contributed by atoms with Gasteiger partial charge < -0.3 is 5.32 Å². The van der Waals surface area contributed by atoms with Crippen molar-refractivity contribution >= 4 is 27.5 Å². The average Bonchev–Trinajstić information content (AvgIpc) is 3.03. The molecule has 1 amide bonds. The Morgan fingerprint density at radius 2 is 2.08 bits per heavy atom. The lowest BCUT2D eigenvalue weighted by atomic mass is 10.2. The number of hydrogen-bond donors (Lipinski definition) is 1. The third kappa shape index (κ3) is 3.96. The zero-order chi connectivity index (χ0) is 17.8. The number of aromatic nitrogens is 2. The van der Waals surface area contributed by atoms with E-state index in [1.165, 1.54) is 22.2 Å². The van der Waals surface area contributed by atoms with Crippen molar-refractivity contribution in [3.8, 4) is 10.4 Å². The maximum Gasteiger partial charge on any atom is 0.262 e. The number of fused-ring (bicyclic) bond motifs is 1. The van der Waals surface area contributed by atoms with Crippen molar-refractivity contribution in [3.05, 3.63) is 53.1 Å². The molecule has 6 heteroatoms. The molecule has 2 aromatic heterocycles. The molecule has 0 aliphatic carbocycles. The van der Waals surface area contributed by atoms with E-state index >= 15 is 0 Å². The Balaban J connectivity index is 1.85. The maximum atomic E-state index is 12.7. The molecule has 130 valence electrons. The Hall–Kier alpha value is -2.47. The van der Waals surface area contributed by atoms with Crippen LogP contribution in [-0.2, 0) is 11.3 Å². The van der Waals surface area contributed by atoms with Crippen LogP contribution in [-0.4, -0.2) is 21.5 Å². The minimum Gasteiger partial charge on any atom is -0.352 e. The van der Waals surface area contributed by atoms with Crippen LogP contribution in [0.5, 0.6) is 0 Å². The van der Waals surface area contributed by atoms with E-state index in [2.05, 4.69) is 17.2 Å². The third-order valence-corrected chi connectivity index (χ3v) is 5.11. The molecule has 0 aliphatic heterocycles. The lowest BCUT2D eigenvalue weighted by Gasteiger charge is -2.13. The van der Waals surface area contributed by atoms with E-state index in [-0.39, 0.29) is 24.1 Å². The summed E-state index contributed by atoms with van der Waals surface area (Å²) in [5.41, 5.74) is 0.879. The van der Waals surface area contributed by atoms with E-state index < -0.39 is 0 Å². The topological polar surface area (TPSA) is 64.0 Å². The number of thiophene rings is 1. The average molecular weight is 355 g/mol. The molecule has 25 heavy (non-hydrogen) atoms. The number of hydrogen-bond acceptors (Lipinski definition) is 4. The van der Waals surface area contributed by atoms with Crippen molar-refractivity contribution in [2.75, 3.05) is 0 Å². The molecule has 0 aliphatic rings. The summed E-state index contributed by atoms with van der Waals surface area (Å²) in [6, 6.07) is 11.9. The summed E-state index contributed by atoms with van der Waals surface area (Å²) >= 11 is 1.48. The van der Waals surface area contributed by atoms with Crippen molar-refractivity contribution in [2.24, 2.45) is 0 Å². The summed E-state index contributed by atoms with van der Waals surface area (Å²) in [6.07, 6.45) is 3.38. The van der Waals surface area contributed by atoms with E-state index in [4.69, 9.17) is 0 Å². The molecule has 0 radical (unpaired) electrons. The number of rotatable bonds is 6. The van der Waals surface area contributed by atoms with E-state index in [1.807, 2.05) is 43.3 Å². The molecule has 0 saturated heterocycles. The lowest BCUT2D eigenvalue weighted by molar-refractivity contribution is -0.122.